The van der Waals surface area contributed by atoms with Gasteiger partial charge in [-0.25, -0.2) is 22.8 Å². The van der Waals surface area contributed by atoms with E-state index in [1.165, 1.54) is 42.9 Å². The van der Waals surface area contributed by atoms with Crippen LogP contribution >= 0.6 is 11.3 Å². The molecule has 3 fully saturated rings. The molecule has 4 aromatic rings. The lowest BCUT2D eigenvalue weighted by Gasteiger charge is -2.37. The maximum absolute atomic E-state index is 14.1. The van der Waals surface area contributed by atoms with E-state index in [1.54, 1.807) is 22.6 Å². The van der Waals surface area contributed by atoms with Crippen molar-refractivity contribution in [3.63, 3.8) is 0 Å². The molecule has 1 unspecified atom stereocenters. The zero-order valence-electron chi connectivity index (χ0n) is 23.5. The van der Waals surface area contributed by atoms with Gasteiger partial charge in [-0.05, 0) is 61.9 Å². The Labute approximate surface area is 250 Å². The van der Waals surface area contributed by atoms with Crippen molar-refractivity contribution in [2.24, 2.45) is 0 Å². The molecule has 7 rings (SSSR count). The van der Waals surface area contributed by atoms with Crippen molar-refractivity contribution in [2.45, 2.75) is 54.9 Å². The highest BCUT2D eigenvalue weighted by molar-refractivity contribution is 7.91. The Hall–Kier alpha value is -3.12. The normalized spacial score (nSPS) is 21.7. The summed E-state index contributed by atoms with van der Waals surface area (Å²) in [5.41, 5.74) is 3.97. The molecule has 2 aromatic carbocycles. The molecule has 0 aliphatic carbocycles. The molecule has 0 amide bonds. The van der Waals surface area contributed by atoms with Crippen molar-refractivity contribution in [1.82, 2.24) is 23.7 Å². The summed E-state index contributed by atoms with van der Waals surface area (Å²) in [7, 11) is -3.72. The van der Waals surface area contributed by atoms with E-state index in [2.05, 4.69) is 30.4 Å². The highest BCUT2D eigenvalue weighted by atomic mass is 32.2. The lowest BCUT2D eigenvalue weighted by Crippen LogP contribution is -2.50. The first-order valence-electron chi connectivity index (χ1n) is 14.8. The summed E-state index contributed by atoms with van der Waals surface area (Å²) in [6, 6.07) is 14.9. The lowest BCUT2D eigenvalue weighted by molar-refractivity contribution is 0.231. The van der Waals surface area contributed by atoms with E-state index >= 15 is 0 Å². The van der Waals surface area contributed by atoms with Crippen LogP contribution in [-0.2, 0) is 23.0 Å². The summed E-state index contributed by atoms with van der Waals surface area (Å²) in [6.45, 7) is 5.15. The minimum absolute atomic E-state index is 0.242. The Morgan fingerprint density at radius 2 is 1.79 bits per heavy atom. The Bertz CT molecular complexity index is 1650. The Morgan fingerprint density at radius 1 is 0.952 bits per heavy atom. The number of anilines is 1. The predicted octanol–water partition coefficient (Wildman–Crippen LogP) is 5.20. The van der Waals surface area contributed by atoms with Gasteiger partial charge in [0, 0.05) is 44.3 Å². The number of rotatable bonds is 8. The van der Waals surface area contributed by atoms with Crippen LogP contribution in [0.4, 0.5) is 9.52 Å². The van der Waals surface area contributed by atoms with Crippen molar-refractivity contribution < 1.29 is 12.8 Å². The van der Waals surface area contributed by atoms with Gasteiger partial charge in [0.25, 0.3) is 10.0 Å². The van der Waals surface area contributed by atoms with Crippen LogP contribution in [0.1, 0.15) is 42.9 Å². The van der Waals surface area contributed by atoms with E-state index in [0.717, 1.165) is 66.4 Å². The summed E-state index contributed by atoms with van der Waals surface area (Å²) in [6.07, 6.45) is 9.95. The van der Waals surface area contributed by atoms with Crippen LogP contribution in [0.2, 0.25) is 0 Å². The third kappa shape index (κ3) is 5.27. The zero-order valence-corrected chi connectivity index (χ0v) is 25.1. The Morgan fingerprint density at radius 3 is 2.67 bits per heavy atom. The van der Waals surface area contributed by atoms with E-state index in [4.69, 9.17) is 0 Å². The fourth-order valence-corrected chi connectivity index (χ4v) is 9.74. The van der Waals surface area contributed by atoms with Crippen molar-refractivity contribution in [3.8, 4) is 11.3 Å². The molecule has 0 saturated carbocycles. The first-order chi connectivity index (χ1) is 20.5. The SMILES string of the molecule is O=S(=O)(c1cnc(N2CCN3CCC[C@H]3C2)s1)N1CCCC1c1ccccc1-c1cncn1CCc1ccc(F)cc1. The van der Waals surface area contributed by atoms with Gasteiger partial charge in [-0.15, -0.1) is 0 Å². The minimum Gasteiger partial charge on any atom is -0.345 e. The number of nitrogens with zero attached hydrogens (tertiary/aromatic N) is 6. The first kappa shape index (κ1) is 27.7. The van der Waals surface area contributed by atoms with E-state index < -0.39 is 10.0 Å². The molecule has 11 heteroatoms. The summed E-state index contributed by atoms with van der Waals surface area (Å²) in [5.74, 6) is -0.242. The van der Waals surface area contributed by atoms with E-state index in [-0.39, 0.29) is 11.9 Å². The maximum Gasteiger partial charge on any atom is 0.254 e. The zero-order chi connectivity index (χ0) is 28.7. The third-order valence-corrected chi connectivity index (χ3v) is 12.4. The van der Waals surface area contributed by atoms with Crippen LogP contribution in [0.3, 0.4) is 0 Å². The summed E-state index contributed by atoms with van der Waals surface area (Å²) >= 11 is 1.30. The number of aromatic nitrogens is 3. The van der Waals surface area contributed by atoms with E-state index in [9.17, 15) is 12.8 Å². The number of halogens is 1. The number of benzene rings is 2. The average molecular weight is 607 g/mol. The van der Waals surface area contributed by atoms with Gasteiger partial charge in [0.15, 0.2) is 9.34 Å². The van der Waals surface area contributed by atoms with E-state index in [1.807, 2.05) is 30.7 Å². The first-order valence-corrected chi connectivity index (χ1v) is 17.0. The van der Waals surface area contributed by atoms with Crippen molar-refractivity contribution in [3.05, 3.63) is 84.2 Å². The molecule has 220 valence electrons. The number of imidazole rings is 1. The molecule has 8 nitrogen and oxygen atoms in total. The van der Waals surface area contributed by atoms with Gasteiger partial charge in [-0.1, -0.05) is 47.7 Å². The van der Waals surface area contributed by atoms with E-state index in [0.29, 0.717) is 23.3 Å². The summed E-state index contributed by atoms with van der Waals surface area (Å²) in [4.78, 5) is 13.8. The maximum atomic E-state index is 14.1. The molecule has 2 aromatic heterocycles. The van der Waals surface area contributed by atoms with Gasteiger partial charge in [-0.2, -0.15) is 4.31 Å². The average Bonchev–Trinajstić information content (AvgIpc) is 3.83. The Balaban J connectivity index is 1.13. The van der Waals surface area contributed by atoms with Crippen LogP contribution in [0.25, 0.3) is 11.3 Å². The largest absolute Gasteiger partial charge is 0.345 e. The fourth-order valence-electron chi connectivity index (χ4n) is 6.78. The van der Waals surface area contributed by atoms with Gasteiger partial charge in [0.1, 0.15) is 5.82 Å². The summed E-state index contributed by atoms with van der Waals surface area (Å²) < 4.78 is 45.6. The van der Waals surface area contributed by atoms with Crippen LogP contribution < -0.4 is 4.90 Å². The highest BCUT2D eigenvalue weighted by Gasteiger charge is 2.39. The van der Waals surface area contributed by atoms with Gasteiger partial charge in [0.05, 0.1) is 30.5 Å². The minimum atomic E-state index is -3.72. The van der Waals surface area contributed by atoms with Crippen LogP contribution in [0.15, 0.2) is 71.5 Å². The number of hydrogen-bond acceptors (Lipinski definition) is 7. The van der Waals surface area contributed by atoms with Crippen molar-refractivity contribution >= 4 is 26.5 Å². The molecule has 3 aliphatic rings. The Kier molecular flexibility index (Phi) is 7.60. The van der Waals surface area contributed by atoms with Gasteiger partial charge >= 0.3 is 0 Å². The molecule has 0 N–H and O–H groups in total. The second-order valence-corrected chi connectivity index (χ2v) is 14.6. The highest BCUT2D eigenvalue weighted by Crippen LogP contribution is 2.42. The molecule has 5 heterocycles. The second kappa shape index (κ2) is 11.5. The quantitative estimate of drug-likeness (QED) is 0.275. The molecule has 0 radical (unpaired) electrons. The topological polar surface area (TPSA) is 74.6 Å². The van der Waals surface area contributed by atoms with Crippen molar-refractivity contribution in [1.29, 1.82) is 0 Å². The third-order valence-electron chi connectivity index (χ3n) is 8.96. The van der Waals surface area contributed by atoms with Crippen molar-refractivity contribution in [2.75, 3.05) is 37.6 Å². The van der Waals surface area contributed by atoms with Crippen LogP contribution in [-0.4, -0.2) is 70.9 Å². The van der Waals surface area contributed by atoms with Gasteiger partial charge in [0.2, 0.25) is 0 Å². The van der Waals surface area contributed by atoms with Crippen LogP contribution in [0, 0.1) is 5.82 Å². The number of piperazine rings is 1. The molecule has 42 heavy (non-hydrogen) atoms. The molecular weight excluding hydrogens is 572 g/mol. The van der Waals surface area contributed by atoms with Gasteiger partial charge in [-0.3, -0.25) is 4.90 Å². The number of thiazole rings is 1. The molecular formula is C31H35FN6O2S2. The predicted molar refractivity (Wildman–Crippen MR) is 163 cm³/mol. The van der Waals surface area contributed by atoms with Gasteiger partial charge < -0.3 is 9.47 Å². The standard InChI is InChI=1S/C31H35FN6O2S2/c32-24-11-9-23(10-12-24)13-16-37-22-33-19-29(37)27-7-2-1-6-26(27)28-8-4-15-38(28)42(39,40)30-20-34-31(41-30)36-18-17-35-14-3-5-25(35)21-36/h1-2,6-7,9-12,19-20,22,25,28H,3-5,8,13-18,21H2/t25-,28?/m0/s1. The molecule has 0 bridgehead atoms. The molecule has 2 atom stereocenters. The lowest BCUT2D eigenvalue weighted by atomic mass is 9.97. The number of sulfonamides is 1. The monoisotopic (exact) mass is 606 g/mol. The summed E-state index contributed by atoms with van der Waals surface area (Å²) in [5, 5.41) is 0.807. The number of hydrogen-bond donors (Lipinski definition) is 0. The molecule has 0 spiro atoms. The molecule has 3 saturated heterocycles. The number of aryl methyl sites for hydroxylation is 2. The smallest absolute Gasteiger partial charge is 0.254 e. The second-order valence-electron chi connectivity index (χ2n) is 11.4. The van der Waals surface area contributed by atoms with Crippen LogP contribution in [0.5, 0.6) is 0 Å². The number of fused-ring (bicyclic) bond motifs is 1. The molecule has 3 aliphatic heterocycles. The fraction of sp³-hybridized carbons (Fsp3) is 0.419.